The van der Waals surface area contributed by atoms with E-state index in [1.807, 2.05) is 48.5 Å². The smallest absolute Gasteiger partial charge is 0.256 e. The fourth-order valence-electron chi connectivity index (χ4n) is 2.67. The van der Waals surface area contributed by atoms with E-state index in [0.717, 1.165) is 22.4 Å². The molecule has 0 saturated heterocycles. The van der Waals surface area contributed by atoms with Crippen LogP contribution in [0.1, 0.15) is 27.7 Å². The summed E-state index contributed by atoms with van der Waals surface area (Å²) < 4.78 is 10.7. The Labute approximate surface area is 123 Å². The van der Waals surface area contributed by atoms with Gasteiger partial charge in [-0.3, -0.25) is 4.79 Å². The van der Waals surface area contributed by atoms with Crippen LogP contribution in [0, 0.1) is 0 Å². The standard InChI is InChI=1S/C17H17NO3/c1-20-13-9-7-12(8-10-13)11-18-16(19)14-5-3-4-6-15(14)17(18)21-2/h3-10,17H,11H2,1-2H3/t17-/m0/s1. The Kier molecular flexibility index (Phi) is 3.62. The second-order valence-electron chi connectivity index (χ2n) is 4.96. The third-order valence-corrected chi connectivity index (χ3v) is 3.74. The van der Waals surface area contributed by atoms with Crippen molar-refractivity contribution in [3.05, 3.63) is 65.2 Å². The van der Waals surface area contributed by atoms with Crippen LogP contribution >= 0.6 is 0 Å². The third kappa shape index (κ3) is 2.38. The number of hydrogen-bond donors (Lipinski definition) is 0. The molecule has 0 saturated carbocycles. The van der Waals surface area contributed by atoms with E-state index in [0.29, 0.717) is 6.54 Å². The van der Waals surface area contributed by atoms with Gasteiger partial charge in [-0.05, 0) is 23.8 Å². The number of methoxy groups -OCH3 is 2. The van der Waals surface area contributed by atoms with Crippen molar-refractivity contribution >= 4 is 5.91 Å². The van der Waals surface area contributed by atoms with Gasteiger partial charge in [-0.15, -0.1) is 0 Å². The second kappa shape index (κ2) is 5.58. The van der Waals surface area contributed by atoms with Gasteiger partial charge in [0.2, 0.25) is 0 Å². The maximum atomic E-state index is 12.5. The van der Waals surface area contributed by atoms with E-state index in [2.05, 4.69) is 0 Å². The minimum atomic E-state index is -0.323. The summed E-state index contributed by atoms with van der Waals surface area (Å²) in [6, 6.07) is 15.3. The predicted molar refractivity (Wildman–Crippen MR) is 79.1 cm³/mol. The van der Waals surface area contributed by atoms with E-state index in [9.17, 15) is 4.79 Å². The van der Waals surface area contributed by atoms with Gasteiger partial charge in [0.25, 0.3) is 5.91 Å². The SMILES string of the molecule is COc1ccc(CN2C(=O)c3ccccc3[C@@H]2OC)cc1. The number of fused-ring (bicyclic) bond motifs is 1. The van der Waals surface area contributed by atoms with E-state index in [1.54, 1.807) is 19.1 Å². The summed E-state index contributed by atoms with van der Waals surface area (Å²) in [5.41, 5.74) is 2.69. The highest BCUT2D eigenvalue weighted by Gasteiger charge is 2.36. The summed E-state index contributed by atoms with van der Waals surface area (Å²) >= 11 is 0. The molecule has 2 aromatic carbocycles. The minimum Gasteiger partial charge on any atom is -0.497 e. The zero-order valence-corrected chi connectivity index (χ0v) is 12.1. The van der Waals surface area contributed by atoms with E-state index in [4.69, 9.17) is 9.47 Å². The average Bonchev–Trinajstić information content (AvgIpc) is 2.80. The number of amides is 1. The zero-order chi connectivity index (χ0) is 14.8. The fraction of sp³-hybridized carbons (Fsp3) is 0.235. The Morgan fingerprint density at radius 2 is 1.76 bits per heavy atom. The molecule has 1 aliphatic heterocycles. The van der Waals surface area contributed by atoms with Gasteiger partial charge in [0.1, 0.15) is 5.75 Å². The first kappa shape index (κ1) is 13.6. The molecule has 1 amide bonds. The highest BCUT2D eigenvalue weighted by molar-refractivity contribution is 5.98. The van der Waals surface area contributed by atoms with E-state index < -0.39 is 0 Å². The summed E-state index contributed by atoms with van der Waals surface area (Å²) in [7, 11) is 3.26. The first-order chi connectivity index (χ1) is 10.2. The van der Waals surface area contributed by atoms with Crippen LogP contribution in [0.25, 0.3) is 0 Å². The summed E-state index contributed by atoms with van der Waals surface area (Å²) in [5, 5.41) is 0. The van der Waals surface area contributed by atoms with Crippen molar-refractivity contribution in [2.75, 3.05) is 14.2 Å². The Bertz CT molecular complexity index is 651. The minimum absolute atomic E-state index is 0.00766. The van der Waals surface area contributed by atoms with Crippen LogP contribution in [0.4, 0.5) is 0 Å². The molecule has 1 atom stereocenters. The van der Waals surface area contributed by atoms with Crippen molar-refractivity contribution < 1.29 is 14.3 Å². The van der Waals surface area contributed by atoms with Crippen molar-refractivity contribution in [1.82, 2.24) is 4.90 Å². The number of nitrogens with zero attached hydrogens (tertiary/aromatic N) is 1. The lowest BCUT2D eigenvalue weighted by atomic mass is 10.1. The first-order valence-electron chi connectivity index (χ1n) is 6.80. The molecule has 0 aromatic heterocycles. The number of hydrogen-bond acceptors (Lipinski definition) is 3. The van der Waals surface area contributed by atoms with Gasteiger partial charge in [0.05, 0.1) is 7.11 Å². The summed E-state index contributed by atoms with van der Waals surface area (Å²) in [5.74, 6) is 0.811. The molecule has 21 heavy (non-hydrogen) atoms. The van der Waals surface area contributed by atoms with Crippen molar-refractivity contribution in [3.63, 3.8) is 0 Å². The number of rotatable bonds is 4. The lowest BCUT2D eigenvalue weighted by molar-refractivity contribution is -0.0162. The molecule has 1 aliphatic rings. The number of ether oxygens (including phenoxy) is 2. The number of carbonyl (C=O) groups is 1. The quantitative estimate of drug-likeness (QED) is 0.866. The molecule has 108 valence electrons. The monoisotopic (exact) mass is 283 g/mol. The summed E-state index contributed by atoms with van der Waals surface area (Å²) in [4.78, 5) is 14.3. The molecule has 2 aromatic rings. The fourth-order valence-corrected chi connectivity index (χ4v) is 2.67. The van der Waals surface area contributed by atoms with Gasteiger partial charge in [0.15, 0.2) is 6.23 Å². The molecule has 0 unspecified atom stereocenters. The first-order valence-corrected chi connectivity index (χ1v) is 6.80. The Morgan fingerprint density at radius 3 is 2.43 bits per heavy atom. The molecular weight excluding hydrogens is 266 g/mol. The maximum absolute atomic E-state index is 12.5. The molecule has 4 heteroatoms. The van der Waals surface area contributed by atoms with Gasteiger partial charge in [-0.25, -0.2) is 0 Å². The van der Waals surface area contributed by atoms with E-state index in [-0.39, 0.29) is 12.1 Å². The molecule has 0 spiro atoms. The highest BCUT2D eigenvalue weighted by Crippen LogP contribution is 2.35. The van der Waals surface area contributed by atoms with Gasteiger partial charge >= 0.3 is 0 Å². The van der Waals surface area contributed by atoms with Crippen molar-refractivity contribution in [3.8, 4) is 5.75 Å². The number of benzene rings is 2. The third-order valence-electron chi connectivity index (χ3n) is 3.74. The topological polar surface area (TPSA) is 38.8 Å². The van der Waals surface area contributed by atoms with Gasteiger partial charge < -0.3 is 14.4 Å². The van der Waals surface area contributed by atoms with Crippen LogP contribution in [-0.2, 0) is 11.3 Å². The van der Waals surface area contributed by atoms with Crippen molar-refractivity contribution in [2.45, 2.75) is 12.8 Å². The van der Waals surface area contributed by atoms with E-state index in [1.165, 1.54) is 0 Å². The maximum Gasteiger partial charge on any atom is 0.256 e. The average molecular weight is 283 g/mol. The van der Waals surface area contributed by atoms with Crippen molar-refractivity contribution in [1.29, 1.82) is 0 Å². The van der Waals surface area contributed by atoms with Gasteiger partial charge in [-0.2, -0.15) is 0 Å². The van der Waals surface area contributed by atoms with E-state index >= 15 is 0 Å². The highest BCUT2D eigenvalue weighted by atomic mass is 16.5. The molecule has 0 N–H and O–H groups in total. The molecule has 0 aliphatic carbocycles. The summed E-state index contributed by atoms with van der Waals surface area (Å²) in [6.07, 6.45) is -0.323. The lowest BCUT2D eigenvalue weighted by Crippen LogP contribution is -2.28. The van der Waals surface area contributed by atoms with Gasteiger partial charge in [0, 0.05) is 24.8 Å². The Balaban J connectivity index is 1.87. The Morgan fingerprint density at radius 1 is 1.05 bits per heavy atom. The molecule has 1 heterocycles. The number of carbonyl (C=O) groups excluding carboxylic acids is 1. The molecule has 3 rings (SSSR count). The van der Waals surface area contributed by atoms with Crippen LogP contribution < -0.4 is 4.74 Å². The van der Waals surface area contributed by atoms with Crippen LogP contribution in [0.2, 0.25) is 0 Å². The second-order valence-corrected chi connectivity index (χ2v) is 4.96. The van der Waals surface area contributed by atoms with Crippen molar-refractivity contribution in [2.24, 2.45) is 0 Å². The molecule has 0 bridgehead atoms. The van der Waals surface area contributed by atoms with Crippen LogP contribution in [0.5, 0.6) is 5.75 Å². The largest absolute Gasteiger partial charge is 0.497 e. The lowest BCUT2D eigenvalue weighted by Gasteiger charge is -2.24. The summed E-state index contributed by atoms with van der Waals surface area (Å²) in [6.45, 7) is 0.510. The zero-order valence-electron chi connectivity index (χ0n) is 12.1. The van der Waals surface area contributed by atoms with Gasteiger partial charge in [-0.1, -0.05) is 30.3 Å². The molecule has 0 radical (unpaired) electrons. The van der Waals surface area contributed by atoms with Crippen LogP contribution in [0.15, 0.2) is 48.5 Å². The Hall–Kier alpha value is -2.33. The normalized spacial score (nSPS) is 17.0. The molecular formula is C17H17NO3. The predicted octanol–water partition coefficient (Wildman–Crippen LogP) is 3.00. The molecule has 0 fully saturated rings. The molecule has 4 nitrogen and oxygen atoms in total. The van der Waals surface area contributed by atoms with Crippen LogP contribution in [-0.4, -0.2) is 25.0 Å². The van der Waals surface area contributed by atoms with Crippen LogP contribution in [0.3, 0.4) is 0 Å².